The van der Waals surface area contributed by atoms with Gasteiger partial charge in [-0.3, -0.25) is 4.90 Å². The largest absolute Gasteiger partial charge is 0.401 e. The van der Waals surface area contributed by atoms with Crippen molar-refractivity contribution in [3.05, 3.63) is 0 Å². The number of amides is 2. The van der Waals surface area contributed by atoms with Crippen LogP contribution in [0.2, 0.25) is 0 Å². The molecule has 0 aromatic heterocycles. The molecular weight excluding hydrogens is 303 g/mol. The minimum absolute atomic E-state index is 0.0926. The topological polar surface area (TPSA) is 44.4 Å². The van der Waals surface area contributed by atoms with E-state index in [0.717, 1.165) is 12.2 Å². The molecule has 0 spiro atoms. The van der Waals surface area contributed by atoms with E-state index >= 15 is 0 Å². The fourth-order valence-electron chi connectivity index (χ4n) is 2.83. The molecule has 0 radical (unpaired) electrons. The van der Waals surface area contributed by atoms with Crippen molar-refractivity contribution in [2.24, 2.45) is 0 Å². The highest BCUT2D eigenvalue weighted by molar-refractivity contribution is 8.00. The fourth-order valence-corrected chi connectivity index (χ4v) is 4.07. The summed E-state index contributed by atoms with van der Waals surface area (Å²) in [5.41, 5.74) is 0. The molecule has 122 valence electrons. The van der Waals surface area contributed by atoms with Gasteiger partial charge in [0, 0.05) is 30.4 Å². The summed E-state index contributed by atoms with van der Waals surface area (Å²) >= 11 is 1.86. The van der Waals surface area contributed by atoms with Gasteiger partial charge in [-0.1, -0.05) is 0 Å². The molecule has 2 amide bonds. The molecule has 2 aliphatic heterocycles. The maximum absolute atomic E-state index is 12.3. The van der Waals surface area contributed by atoms with Crippen molar-refractivity contribution < 1.29 is 18.0 Å². The van der Waals surface area contributed by atoms with Crippen LogP contribution in [0.25, 0.3) is 0 Å². The number of likely N-dealkylation sites (tertiary alicyclic amines) is 1. The number of alkyl halides is 3. The molecule has 21 heavy (non-hydrogen) atoms. The van der Waals surface area contributed by atoms with Crippen molar-refractivity contribution in [3.63, 3.8) is 0 Å². The lowest BCUT2D eigenvalue weighted by Gasteiger charge is -2.24. The van der Waals surface area contributed by atoms with Gasteiger partial charge in [-0.2, -0.15) is 24.9 Å². The van der Waals surface area contributed by atoms with E-state index in [1.165, 1.54) is 11.3 Å². The SMILES string of the molecule is C[C@@]1(CNC(=O)N[C@@H]2CCN(CC(F)(F)F)C2)CCCS1. The molecule has 0 unspecified atom stereocenters. The number of urea groups is 1. The number of rotatable bonds is 4. The Bertz CT molecular complexity index is 372. The third-order valence-electron chi connectivity index (χ3n) is 3.93. The molecule has 2 aliphatic rings. The first-order valence-electron chi connectivity index (χ1n) is 7.23. The molecule has 2 heterocycles. The van der Waals surface area contributed by atoms with Gasteiger partial charge in [0.05, 0.1) is 6.54 Å². The predicted octanol–water partition coefficient (Wildman–Crippen LogP) is 2.21. The van der Waals surface area contributed by atoms with Crippen molar-refractivity contribution in [1.82, 2.24) is 15.5 Å². The number of hydrogen-bond donors (Lipinski definition) is 2. The van der Waals surface area contributed by atoms with Gasteiger partial charge in [-0.15, -0.1) is 0 Å². The molecule has 4 nitrogen and oxygen atoms in total. The Kier molecular flexibility index (Phi) is 5.29. The fraction of sp³-hybridized carbons (Fsp3) is 0.923. The summed E-state index contributed by atoms with van der Waals surface area (Å²) in [6.45, 7) is 2.46. The second-order valence-corrected chi connectivity index (χ2v) is 7.75. The molecule has 2 atom stereocenters. The molecule has 0 aromatic rings. The number of thioether (sulfide) groups is 1. The number of nitrogens with zero attached hydrogens (tertiary/aromatic N) is 1. The van der Waals surface area contributed by atoms with Gasteiger partial charge in [0.1, 0.15) is 0 Å². The molecule has 0 aliphatic carbocycles. The standard InChI is InChI=1S/C13H22F3N3OS/c1-12(4-2-6-21-12)8-17-11(20)18-10-3-5-19(7-10)9-13(14,15)16/h10H,2-9H2,1H3,(H2,17,18,20)/t10-,12+/m1/s1. The third-order valence-corrected chi connectivity index (χ3v) is 5.47. The van der Waals surface area contributed by atoms with E-state index < -0.39 is 12.7 Å². The van der Waals surface area contributed by atoms with Gasteiger partial charge < -0.3 is 10.6 Å². The monoisotopic (exact) mass is 325 g/mol. The zero-order chi connectivity index (χ0) is 15.5. The number of carbonyl (C=O) groups excluding carboxylic acids is 1. The molecule has 0 aromatic carbocycles. The Morgan fingerprint density at radius 1 is 1.48 bits per heavy atom. The minimum atomic E-state index is -4.18. The number of hydrogen-bond acceptors (Lipinski definition) is 3. The molecule has 8 heteroatoms. The second-order valence-electron chi connectivity index (χ2n) is 6.06. The van der Waals surface area contributed by atoms with Crippen LogP contribution in [0, 0.1) is 0 Å². The highest BCUT2D eigenvalue weighted by Crippen LogP contribution is 2.36. The van der Waals surface area contributed by atoms with Gasteiger partial charge in [0.15, 0.2) is 0 Å². The molecule has 2 saturated heterocycles. The van der Waals surface area contributed by atoms with E-state index in [1.807, 2.05) is 11.8 Å². The molecule has 2 fully saturated rings. The maximum Gasteiger partial charge on any atom is 0.401 e. The Morgan fingerprint density at radius 3 is 2.86 bits per heavy atom. The van der Waals surface area contributed by atoms with Crippen molar-refractivity contribution >= 4 is 17.8 Å². The summed E-state index contributed by atoms with van der Waals surface area (Å²) in [4.78, 5) is 13.2. The van der Waals surface area contributed by atoms with Gasteiger partial charge in [-0.05, 0) is 31.9 Å². The van der Waals surface area contributed by atoms with E-state index in [-0.39, 0.29) is 23.4 Å². The van der Waals surface area contributed by atoms with Gasteiger partial charge in [0.2, 0.25) is 0 Å². The van der Waals surface area contributed by atoms with Crippen molar-refractivity contribution in [1.29, 1.82) is 0 Å². The van der Waals surface area contributed by atoms with Crippen molar-refractivity contribution in [2.75, 3.05) is 31.9 Å². The molecular formula is C13H22F3N3OS. The average molecular weight is 325 g/mol. The molecule has 2 rings (SSSR count). The second kappa shape index (κ2) is 6.64. The number of halogens is 3. The van der Waals surface area contributed by atoms with E-state index in [2.05, 4.69) is 17.6 Å². The summed E-state index contributed by atoms with van der Waals surface area (Å²) in [6.07, 6.45) is -1.36. The summed E-state index contributed by atoms with van der Waals surface area (Å²) in [5.74, 6) is 1.12. The van der Waals surface area contributed by atoms with Gasteiger partial charge in [-0.25, -0.2) is 4.79 Å². The summed E-state index contributed by atoms with van der Waals surface area (Å²) in [5, 5.41) is 5.61. The molecule has 0 bridgehead atoms. The number of nitrogens with one attached hydrogen (secondary N) is 2. The first-order valence-corrected chi connectivity index (χ1v) is 8.22. The smallest absolute Gasteiger partial charge is 0.337 e. The zero-order valence-electron chi connectivity index (χ0n) is 12.1. The Hall–Kier alpha value is -0.630. The third kappa shape index (κ3) is 5.58. The summed E-state index contributed by atoms with van der Waals surface area (Å²) in [6, 6.07) is -0.473. The predicted molar refractivity (Wildman–Crippen MR) is 77.5 cm³/mol. The number of carbonyl (C=O) groups is 1. The van der Waals surface area contributed by atoms with Crippen LogP contribution in [0.1, 0.15) is 26.2 Å². The van der Waals surface area contributed by atoms with E-state index in [1.54, 1.807) is 0 Å². The Morgan fingerprint density at radius 2 is 2.24 bits per heavy atom. The molecule has 2 N–H and O–H groups in total. The summed E-state index contributed by atoms with van der Waals surface area (Å²) < 4.78 is 37.0. The van der Waals surface area contributed by atoms with Crippen LogP contribution in [-0.2, 0) is 0 Å². The van der Waals surface area contributed by atoms with Crippen LogP contribution in [0.5, 0.6) is 0 Å². The Balaban J connectivity index is 1.67. The Labute approximate surface area is 127 Å². The zero-order valence-corrected chi connectivity index (χ0v) is 12.9. The normalized spacial score (nSPS) is 30.6. The van der Waals surface area contributed by atoms with Crippen LogP contribution < -0.4 is 10.6 Å². The lowest BCUT2D eigenvalue weighted by atomic mass is 10.1. The minimum Gasteiger partial charge on any atom is -0.337 e. The first kappa shape index (κ1) is 16.7. The van der Waals surface area contributed by atoms with Crippen molar-refractivity contribution in [2.45, 2.75) is 43.2 Å². The van der Waals surface area contributed by atoms with E-state index in [0.29, 0.717) is 19.5 Å². The van der Waals surface area contributed by atoms with E-state index in [9.17, 15) is 18.0 Å². The highest BCUT2D eigenvalue weighted by atomic mass is 32.2. The van der Waals surface area contributed by atoms with Gasteiger partial charge in [0.25, 0.3) is 0 Å². The quantitative estimate of drug-likeness (QED) is 0.833. The van der Waals surface area contributed by atoms with Crippen LogP contribution in [0.15, 0.2) is 0 Å². The van der Waals surface area contributed by atoms with Gasteiger partial charge >= 0.3 is 12.2 Å². The average Bonchev–Trinajstić information content (AvgIpc) is 2.95. The van der Waals surface area contributed by atoms with Crippen molar-refractivity contribution in [3.8, 4) is 0 Å². The van der Waals surface area contributed by atoms with Crippen LogP contribution in [0.4, 0.5) is 18.0 Å². The van der Waals surface area contributed by atoms with Crippen LogP contribution in [-0.4, -0.2) is 59.8 Å². The lowest BCUT2D eigenvalue weighted by molar-refractivity contribution is -0.143. The van der Waals surface area contributed by atoms with Crippen LogP contribution in [0.3, 0.4) is 0 Å². The first-order chi connectivity index (χ1) is 9.76. The maximum atomic E-state index is 12.3. The van der Waals surface area contributed by atoms with E-state index in [4.69, 9.17) is 0 Å². The molecule has 0 saturated carbocycles. The lowest BCUT2D eigenvalue weighted by Crippen LogP contribution is -2.47. The highest BCUT2D eigenvalue weighted by Gasteiger charge is 2.35. The van der Waals surface area contributed by atoms with Crippen LogP contribution >= 0.6 is 11.8 Å². The summed E-state index contributed by atoms with van der Waals surface area (Å²) in [7, 11) is 0.